The number of piperidine rings is 1. The molecule has 1 saturated carbocycles. The third kappa shape index (κ3) is 10.1. The molecule has 2 aromatic heterocycles. The van der Waals surface area contributed by atoms with Gasteiger partial charge in [-0.2, -0.15) is 0 Å². The molecular weight excluding hydrogens is 607 g/mol. The second-order valence-electron chi connectivity index (χ2n) is 12.7. The van der Waals surface area contributed by atoms with E-state index in [4.69, 9.17) is 9.51 Å². The predicted molar refractivity (Wildman–Crippen MR) is 196 cm³/mol. The summed E-state index contributed by atoms with van der Waals surface area (Å²) in [5.74, 6) is 1.59. The van der Waals surface area contributed by atoms with Crippen molar-refractivity contribution in [2.45, 2.75) is 104 Å². The fourth-order valence-electron chi connectivity index (χ4n) is 5.90. The van der Waals surface area contributed by atoms with Gasteiger partial charge in [0, 0.05) is 45.1 Å². The fourth-order valence-corrected chi connectivity index (χ4v) is 6.44. The van der Waals surface area contributed by atoms with Crippen molar-refractivity contribution in [2.75, 3.05) is 36.6 Å². The lowest BCUT2D eigenvalue weighted by atomic mass is 10.0. The third-order valence-corrected chi connectivity index (χ3v) is 9.56. The number of allylic oxidation sites excluding steroid dienone is 1. The van der Waals surface area contributed by atoms with E-state index >= 15 is 0 Å². The zero-order valence-corrected chi connectivity index (χ0v) is 30.0. The van der Waals surface area contributed by atoms with Crippen molar-refractivity contribution in [1.82, 2.24) is 19.1 Å². The SMILES string of the molecule is C1CCC1.C=CCCC.Cc1ccc(Cn2c(N3CCC(N(C)c4nccc(=O)n4C(C)OP(C)O)CC3)nc3c2=CCCC=3)cc1. The van der Waals surface area contributed by atoms with Gasteiger partial charge in [0.25, 0.3) is 5.56 Å². The molecule has 1 aliphatic heterocycles. The van der Waals surface area contributed by atoms with Gasteiger partial charge in [0.2, 0.25) is 11.9 Å². The molecule has 47 heavy (non-hydrogen) atoms. The van der Waals surface area contributed by atoms with Crippen LogP contribution in [-0.2, 0) is 11.1 Å². The Bertz CT molecular complexity index is 1580. The van der Waals surface area contributed by atoms with Crippen LogP contribution in [0.15, 0.2) is 54.0 Å². The standard InChI is InChI=1S/C28H37N6O3P.C5H10.C4H8/c1-20-9-11-22(12-10-20)19-33-25-8-6-5-7-24(25)30-28(33)32-17-14-23(15-18-32)31(3)27-29-16-13-26(35)34(27)21(2)37-38(4)36;1-3-5-4-2;1-2-4-3-1/h7-13,16,21,23,36H,5-6,14-15,17-19H2,1-4H3;3H,1,4-5H2,2H3;1-4H2. The van der Waals surface area contributed by atoms with Crippen molar-refractivity contribution in [3.05, 3.63) is 81.4 Å². The molecule has 2 unspecified atom stereocenters. The average Bonchev–Trinajstić information content (AvgIpc) is 3.39. The lowest BCUT2D eigenvalue weighted by Crippen LogP contribution is -2.46. The molecule has 2 atom stereocenters. The zero-order valence-electron chi connectivity index (χ0n) is 29.1. The highest BCUT2D eigenvalue weighted by Gasteiger charge is 2.28. The molecule has 3 aliphatic rings. The highest BCUT2D eigenvalue weighted by molar-refractivity contribution is 7.45. The number of benzene rings is 1. The molecule has 2 aliphatic carbocycles. The van der Waals surface area contributed by atoms with Gasteiger partial charge in [-0.15, -0.1) is 6.58 Å². The monoisotopic (exact) mass is 662 g/mol. The molecular formula is C37H55N6O3P. The first kappa shape index (κ1) is 36.6. The Morgan fingerprint density at radius 1 is 1.11 bits per heavy atom. The summed E-state index contributed by atoms with van der Waals surface area (Å²) < 4.78 is 9.46. The van der Waals surface area contributed by atoms with Crippen LogP contribution >= 0.6 is 8.38 Å². The number of fused-ring (bicyclic) bond motifs is 1. The lowest BCUT2D eigenvalue weighted by Gasteiger charge is -2.38. The van der Waals surface area contributed by atoms with E-state index in [0.717, 1.165) is 63.0 Å². The van der Waals surface area contributed by atoms with Gasteiger partial charge in [-0.1, -0.05) is 87.1 Å². The normalized spacial score (nSPS) is 16.9. The molecule has 1 N–H and O–H groups in total. The molecule has 3 heterocycles. The Morgan fingerprint density at radius 3 is 2.34 bits per heavy atom. The highest BCUT2D eigenvalue weighted by Crippen LogP contribution is 2.33. The molecule has 3 aromatic rings. The summed E-state index contributed by atoms with van der Waals surface area (Å²) in [6, 6.07) is 10.4. The van der Waals surface area contributed by atoms with E-state index in [1.165, 1.54) is 59.2 Å². The van der Waals surface area contributed by atoms with Crippen LogP contribution in [-0.4, -0.2) is 56.8 Å². The van der Waals surface area contributed by atoms with Crippen LogP contribution in [0, 0.1) is 6.92 Å². The average molecular weight is 663 g/mol. The van der Waals surface area contributed by atoms with Crippen molar-refractivity contribution >= 4 is 32.4 Å². The smallest absolute Gasteiger partial charge is 0.256 e. The number of aryl methyl sites for hydroxylation is 1. The molecule has 9 nitrogen and oxygen atoms in total. The molecule has 1 saturated heterocycles. The second-order valence-corrected chi connectivity index (χ2v) is 13.8. The molecule has 6 rings (SSSR count). The van der Waals surface area contributed by atoms with Crippen molar-refractivity contribution in [3.63, 3.8) is 0 Å². The molecule has 256 valence electrons. The van der Waals surface area contributed by atoms with Crippen LogP contribution in [0.5, 0.6) is 0 Å². The number of unbranched alkanes of at least 4 members (excludes halogenated alkanes) is 1. The summed E-state index contributed by atoms with van der Waals surface area (Å²) in [6.07, 6.45) is 19.7. The molecule has 1 aromatic carbocycles. The lowest BCUT2D eigenvalue weighted by molar-refractivity contribution is 0.151. The molecule has 2 fully saturated rings. The number of hydrogen-bond acceptors (Lipinski definition) is 7. The predicted octanol–water partition coefficient (Wildman–Crippen LogP) is 6.26. The van der Waals surface area contributed by atoms with E-state index in [2.05, 4.69) is 76.2 Å². The van der Waals surface area contributed by atoms with Gasteiger partial charge in [0.15, 0.2) is 8.38 Å². The Labute approximate surface area is 282 Å². The maximum atomic E-state index is 12.7. The summed E-state index contributed by atoms with van der Waals surface area (Å²) in [6.45, 7) is 13.7. The summed E-state index contributed by atoms with van der Waals surface area (Å²) in [4.78, 5) is 36.6. The zero-order chi connectivity index (χ0) is 33.8. The first-order valence-corrected chi connectivity index (χ1v) is 19.0. The molecule has 0 amide bonds. The van der Waals surface area contributed by atoms with Crippen LogP contribution in [0.25, 0.3) is 12.2 Å². The summed E-state index contributed by atoms with van der Waals surface area (Å²) >= 11 is 0. The maximum Gasteiger partial charge on any atom is 0.256 e. The van der Waals surface area contributed by atoms with Crippen LogP contribution in [0.1, 0.15) is 95.4 Å². The number of anilines is 2. The summed E-state index contributed by atoms with van der Waals surface area (Å²) in [5.41, 5.74) is 2.34. The van der Waals surface area contributed by atoms with Gasteiger partial charge in [0.05, 0.1) is 17.2 Å². The van der Waals surface area contributed by atoms with Crippen LogP contribution in [0.3, 0.4) is 0 Å². The summed E-state index contributed by atoms with van der Waals surface area (Å²) in [7, 11) is 0.382. The fraction of sp³-hybridized carbons (Fsp3) is 0.541. The van der Waals surface area contributed by atoms with Gasteiger partial charge in [-0.05, 0) is 51.5 Å². The Morgan fingerprint density at radius 2 is 1.77 bits per heavy atom. The number of hydrogen-bond donors (Lipinski definition) is 1. The largest absolute Gasteiger partial charge is 0.350 e. The van der Waals surface area contributed by atoms with Crippen molar-refractivity contribution in [3.8, 4) is 0 Å². The number of rotatable bonds is 10. The van der Waals surface area contributed by atoms with Gasteiger partial charge < -0.3 is 23.8 Å². The highest BCUT2D eigenvalue weighted by atomic mass is 31.2. The summed E-state index contributed by atoms with van der Waals surface area (Å²) in [5, 5.41) is 2.31. The van der Waals surface area contributed by atoms with E-state index in [-0.39, 0.29) is 11.6 Å². The Balaban J connectivity index is 0.000000485. The van der Waals surface area contributed by atoms with Gasteiger partial charge in [-0.3, -0.25) is 9.36 Å². The minimum atomic E-state index is -1.60. The Kier molecular flexibility index (Phi) is 14.3. The van der Waals surface area contributed by atoms with Crippen molar-refractivity contribution < 1.29 is 9.42 Å². The van der Waals surface area contributed by atoms with Crippen LogP contribution < -0.4 is 26.1 Å². The second kappa shape index (κ2) is 18.3. The third-order valence-electron chi connectivity index (χ3n) is 8.95. The van der Waals surface area contributed by atoms with E-state index < -0.39 is 14.6 Å². The molecule has 0 bridgehead atoms. The van der Waals surface area contributed by atoms with E-state index in [1.54, 1.807) is 19.8 Å². The topological polar surface area (TPSA) is 88.7 Å². The van der Waals surface area contributed by atoms with Crippen molar-refractivity contribution in [1.29, 1.82) is 0 Å². The first-order valence-electron chi connectivity index (χ1n) is 17.3. The first-order chi connectivity index (χ1) is 22.7. The molecule has 0 radical (unpaired) electrons. The van der Waals surface area contributed by atoms with Gasteiger partial charge in [0.1, 0.15) is 6.23 Å². The van der Waals surface area contributed by atoms with E-state index in [9.17, 15) is 9.69 Å². The van der Waals surface area contributed by atoms with Crippen molar-refractivity contribution in [2.24, 2.45) is 0 Å². The van der Waals surface area contributed by atoms with Gasteiger partial charge >= 0.3 is 0 Å². The molecule has 10 heteroatoms. The minimum absolute atomic E-state index is 0.195. The quantitative estimate of drug-likeness (QED) is 0.203. The number of aromatic nitrogens is 4. The Hall–Kier alpha value is -3.26. The van der Waals surface area contributed by atoms with E-state index in [0.29, 0.717) is 5.95 Å². The number of nitrogens with zero attached hydrogens (tertiary/aromatic N) is 6. The molecule has 0 spiro atoms. The van der Waals surface area contributed by atoms with Crippen LogP contribution in [0.4, 0.5) is 11.9 Å². The number of imidazole rings is 1. The minimum Gasteiger partial charge on any atom is -0.350 e. The van der Waals surface area contributed by atoms with Gasteiger partial charge in [-0.25, -0.2) is 9.97 Å². The maximum absolute atomic E-state index is 12.7. The van der Waals surface area contributed by atoms with Crippen LogP contribution in [0.2, 0.25) is 0 Å². The van der Waals surface area contributed by atoms with E-state index in [1.807, 2.05) is 13.1 Å².